The highest BCUT2D eigenvalue weighted by molar-refractivity contribution is 5.71. The SMILES string of the molecule is COC(=O)C(C)CC(O)c1ccc(F)cc1F. The van der Waals surface area contributed by atoms with Gasteiger partial charge in [0.2, 0.25) is 0 Å². The Morgan fingerprint density at radius 3 is 2.65 bits per heavy atom. The van der Waals surface area contributed by atoms with Crippen molar-refractivity contribution < 1.29 is 23.4 Å². The van der Waals surface area contributed by atoms with Gasteiger partial charge in [0, 0.05) is 11.6 Å². The Morgan fingerprint density at radius 1 is 1.47 bits per heavy atom. The van der Waals surface area contributed by atoms with Crippen molar-refractivity contribution in [2.75, 3.05) is 7.11 Å². The zero-order chi connectivity index (χ0) is 13.0. The predicted octanol–water partition coefficient (Wildman–Crippen LogP) is 2.20. The van der Waals surface area contributed by atoms with Gasteiger partial charge in [0.25, 0.3) is 0 Å². The lowest BCUT2D eigenvalue weighted by atomic mass is 9.98. The molecule has 0 fully saturated rings. The summed E-state index contributed by atoms with van der Waals surface area (Å²) in [6, 6.07) is 2.92. The Balaban J connectivity index is 2.76. The van der Waals surface area contributed by atoms with E-state index in [-0.39, 0.29) is 12.0 Å². The number of carbonyl (C=O) groups is 1. The molecule has 1 aromatic carbocycles. The molecule has 2 atom stereocenters. The summed E-state index contributed by atoms with van der Waals surface area (Å²) in [5.41, 5.74) is -0.0258. The third-order valence-electron chi connectivity index (χ3n) is 2.50. The summed E-state index contributed by atoms with van der Waals surface area (Å²) in [5, 5.41) is 9.74. The van der Waals surface area contributed by atoms with E-state index in [1.54, 1.807) is 6.92 Å². The van der Waals surface area contributed by atoms with Crippen molar-refractivity contribution in [2.45, 2.75) is 19.4 Å². The Labute approximate surface area is 98.0 Å². The second-order valence-corrected chi connectivity index (χ2v) is 3.84. The topological polar surface area (TPSA) is 46.5 Å². The van der Waals surface area contributed by atoms with E-state index < -0.39 is 29.6 Å². The number of hydrogen-bond acceptors (Lipinski definition) is 3. The summed E-state index contributed by atoms with van der Waals surface area (Å²) < 4.78 is 30.5. The van der Waals surface area contributed by atoms with Crippen LogP contribution in [0.5, 0.6) is 0 Å². The van der Waals surface area contributed by atoms with Crippen LogP contribution in [0.4, 0.5) is 8.78 Å². The van der Waals surface area contributed by atoms with Crippen LogP contribution in [-0.4, -0.2) is 18.2 Å². The van der Waals surface area contributed by atoms with Crippen molar-refractivity contribution in [3.8, 4) is 0 Å². The van der Waals surface area contributed by atoms with E-state index in [0.717, 1.165) is 6.07 Å². The van der Waals surface area contributed by atoms with Gasteiger partial charge in [-0.3, -0.25) is 4.79 Å². The van der Waals surface area contributed by atoms with Crippen LogP contribution >= 0.6 is 0 Å². The molecule has 0 bridgehead atoms. The van der Waals surface area contributed by atoms with Gasteiger partial charge in [-0.1, -0.05) is 13.0 Å². The first kappa shape index (κ1) is 13.6. The van der Waals surface area contributed by atoms with E-state index >= 15 is 0 Å². The van der Waals surface area contributed by atoms with Gasteiger partial charge in [-0.15, -0.1) is 0 Å². The Hall–Kier alpha value is -1.49. The third-order valence-corrected chi connectivity index (χ3v) is 2.50. The van der Waals surface area contributed by atoms with Gasteiger partial charge in [-0.2, -0.15) is 0 Å². The summed E-state index contributed by atoms with van der Waals surface area (Å²) in [6.07, 6.45) is -1.14. The van der Waals surface area contributed by atoms with E-state index in [9.17, 15) is 18.7 Å². The van der Waals surface area contributed by atoms with Crippen molar-refractivity contribution in [3.05, 3.63) is 35.4 Å². The molecule has 2 unspecified atom stereocenters. The molecule has 0 saturated carbocycles. The summed E-state index contributed by atoms with van der Waals surface area (Å²) in [4.78, 5) is 11.1. The number of carbonyl (C=O) groups excluding carboxylic acids is 1. The molecule has 1 N–H and O–H groups in total. The van der Waals surface area contributed by atoms with Gasteiger partial charge < -0.3 is 9.84 Å². The number of hydrogen-bond donors (Lipinski definition) is 1. The molecule has 0 heterocycles. The van der Waals surface area contributed by atoms with E-state index in [4.69, 9.17) is 0 Å². The van der Waals surface area contributed by atoms with Gasteiger partial charge in [0.05, 0.1) is 19.1 Å². The van der Waals surface area contributed by atoms with Crippen LogP contribution in [0.1, 0.15) is 25.0 Å². The molecule has 1 rings (SSSR count). The molecule has 1 aromatic rings. The van der Waals surface area contributed by atoms with Crippen LogP contribution in [0, 0.1) is 17.6 Å². The number of aliphatic hydroxyl groups excluding tert-OH is 1. The molecule has 0 radical (unpaired) electrons. The van der Waals surface area contributed by atoms with Crippen molar-refractivity contribution in [1.82, 2.24) is 0 Å². The molecule has 17 heavy (non-hydrogen) atoms. The Morgan fingerprint density at radius 2 is 2.12 bits per heavy atom. The molecule has 0 aliphatic carbocycles. The van der Waals surface area contributed by atoms with E-state index in [2.05, 4.69) is 4.74 Å². The van der Waals surface area contributed by atoms with Crippen LogP contribution in [0.15, 0.2) is 18.2 Å². The fourth-order valence-electron chi connectivity index (χ4n) is 1.53. The fourth-order valence-corrected chi connectivity index (χ4v) is 1.53. The highest BCUT2D eigenvalue weighted by Gasteiger charge is 2.21. The summed E-state index contributed by atoms with van der Waals surface area (Å²) >= 11 is 0. The highest BCUT2D eigenvalue weighted by Crippen LogP contribution is 2.24. The largest absolute Gasteiger partial charge is 0.469 e. The van der Waals surface area contributed by atoms with Gasteiger partial charge in [0.1, 0.15) is 11.6 Å². The molecular formula is C12H14F2O3. The van der Waals surface area contributed by atoms with Crippen LogP contribution in [0.2, 0.25) is 0 Å². The van der Waals surface area contributed by atoms with E-state index in [0.29, 0.717) is 6.07 Å². The zero-order valence-corrected chi connectivity index (χ0v) is 9.61. The van der Waals surface area contributed by atoms with Crippen LogP contribution in [0.3, 0.4) is 0 Å². The summed E-state index contributed by atoms with van der Waals surface area (Å²) in [5.74, 6) is -2.57. The number of methoxy groups -OCH3 is 1. The van der Waals surface area contributed by atoms with E-state index in [1.807, 2.05) is 0 Å². The fraction of sp³-hybridized carbons (Fsp3) is 0.417. The molecular weight excluding hydrogens is 230 g/mol. The maximum absolute atomic E-state index is 13.3. The lowest BCUT2D eigenvalue weighted by Gasteiger charge is -2.15. The van der Waals surface area contributed by atoms with Crippen molar-refractivity contribution >= 4 is 5.97 Å². The first-order valence-corrected chi connectivity index (χ1v) is 5.16. The van der Waals surface area contributed by atoms with Gasteiger partial charge in [0.15, 0.2) is 0 Å². The molecule has 94 valence electrons. The summed E-state index contributed by atoms with van der Waals surface area (Å²) in [6.45, 7) is 1.57. The second-order valence-electron chi connectivity index (χ2n) is 3.84. The second kappa shape index (κ2) is 5.72. The monoisotopic (exact) mass is 244 g/mol. The van der Waals surface area contributed by atoms with Crippen LogP contribution in [0.25, 0.3) is 0 Å². The van der Waals surface area contributed by atoms with Gasteiger partial charge in [-0.05, 0) is 12.5 Å². The first-order chi connectivity index (χ1) is 7.95. The molecule has 0 aliphatic rings. The maximum atomic E-state index is 13.3. The molecule has 0 aromatic heterocycles. The average Bonchev–Trinajstić information content (AvgIpc) is 2.27. The number of esters is 1. The third kappa shape index (κ3) is 3.49. The molecule has 0 saturated heterocycles. The van der Waals surface area contributed by atoms with Crippen LogP contribution < -0.4 is 0 Å². The normalized spacial score (nSPS) is 14.2. The Bertz CT molecular complexity index is 407. The zero-order valence-electron chi connectivity index (χ0n) is 9.61. The minimum atomic E-state index is -1.16. The molecule has 5 heteroatoms. The van der Waals surface area contributed by atoms with Gasteiger partial charge in [-0.25, -0.2) is 8.78 Å². The smallest absolute Gasteiger partial charge is 0.308 e. The van der Waals surface area contributed by atoms with Crippen molar-refractivity contribution in [2.24, 2.45) is 5.92 Å². The van der Waals surface area contributed by atoms with E-state index in [1.165, 1.54) is 13.2 Å². The number of benzene rings is 1. The molecule has 0 spiro atoms. The molecule has 0 aliphatic heterocycles. The average molecular weight is 244 g/mol. The predicted molar refractivity (Wildman–Crippen MR) is 57.1 cm³/mol. The first-order valence-electron chi connectivity index (χ1n) is 5.16. The minimum absolute atomic E-state index is 0.0230. The highest BCUT2D eigenvalue weighted by atomic mass is 19.1. The standard InChI is InChI=1S/C12H14F2O3/c1-7(12(16)17-2)5-11(15)9-4-3-8(13)6-10(9)14/h3-4,6-7,11,15H,5H2,1-2H3. The Kier molecular flexibility index (Phi) is 4.57. The van der Waals surface area contributed by atoms with Crippen LogP contribution in [-0.2, 0) is 9.53 Å². The molecule has 3 nitrogen and oxygen atoms in total. The maximum Gasteiger partial charge on any atom is 0.308 e. The van der Waals surface area contributed by atoms with Crippen molar-refractivity contribution in [3.63, 3.8) is 0 Å². The van der Waals surface area contributed by atoms with Crippen molar-refractivity contribution in [1.29, 1.82) is 0 Å². The number of aliphatic hydroxyl groups is 1. The molecule has 0 amide bonds. The quantitative estimate of drug-likeness (QED) is 0.826. The summed E-state index contributed by atoms with van der Waals surface area (Å²) in [7, 11) is 1.24. The van der Waals surface area contributed by atoms with Gasteiger partial charge >= 0.3 is 5.97 Å². The lowest BCUT2D eigenvalue weighted by molar-refractivity contribution is -0.145. The minimum Gasteiger partial charge on any atom is -0.469 e. The number of ether oxygens (including phenoxy) is 1. The lowest BCUT2D eigenvalue weighted by Crippen LogP contribution is -2.16. The number of halogens is 2. The number of rotatable bonds is 4.